The van der Waals surface area contributed by atoms with E-state index in [0.717, 1.165) is 12.1 Å². The molecule has 1 aliphatic heterocycles. The molecule has 3 nitrogen and oxygen atoms in total. The Kier molecular flexibility index (Phi) is 3.61. The zero-order chi connectivity index (χ0) is 13.2. The van der Waals surface area contributed by atoms with E-state index in [2.05, 4.69) is 0 Å². The van der Waals surface area contributed by atoms with Crippen LogP contribution in [0.25, 0.3) is 0 Å². The number of hydrogen-bond donors (Lipinski definition) is 0. The van der Waals surface area contributed by atoms with E-state index in [1.54, 1.807) is 4.90 Å². The van der Waals surface area contributed by atoms with Crippen LogP contribution >= 0.6 is 0 Å². The fourth-order valence-corrected chi connectivity index (χ4v) is 1.79. The molecule has 0 unspecified atom stereocenters. The first-order valence-electron chi connectivity index (χ1n) is 5.65. The zero-order valence-corrected chi connectivity index (χ0v) is 9.61. The van der Waals surface area contributed by atoms with Crippen LogP contribution in [0, 0.1) is 0 Å². The molecule has 1 amide bonds. The number of carbonyl (C=O) groups excluding carboxylic acids is 1. The molecule has 1 aromatic rings. The number of amides is 1. The highest BCUT2D eigenvalue weighted by Gasteiger charge is 2.26. The maximum Gasteiger partial charge on any atom is 0.509 e. The predicted molar refractivity (Wildman–Crippen MR) is 61.9 cm³/mol. The third-order valence-corrected chi connectivity index (χ3v) is 2.83. The van der Waals surface area contributed by atoms with Crippen molar-refractivity contribution in [1.29, 1.82) is 0 Å². The molecular formula is C11H12BF3NO2-. The lowest BCUT2D eigenvalue weighted by molar-refractivity contribution is 0.0303. The Morgan fingerprint density at radius 3 is 2.17 bits per heavy atom. The highest BCUT2D eigenvalue weighted by Crippen LogP contribution is 2.11. The lowest BCUT2D eigenvalue weighted by atomic mass is 9.80. The highest BCUT2D eigenvalue weighted by molar-refractivity contribution is 6.73. The Hall–Kier alpha value is -1.50. The lowest BCUT2D eigenvalue weighted by Crippen LogP contribution is -2.41. The second kappa shape index (κ2) is 5.01. The normalized spacial score (nSPS) is 16.7. The minimum atomic E-state index is -5.00. The molecule has 7 heteroatoms. The molecule has 18 heavy (non-hydrogen) atoms. The van der Waals surface area contributed by atoms with Gasteiger partial charge in [-0.1, -0.05) is 24.3 Å². The van der Waals surface area contributed by atoms with Crippen molar-refractivity contribution < 1.29 is 22.5 Å². The smallest absolute Gasteiger partial charge is 0.445 e. The molecule has 0 spiro atoms. The minimum Gasteiger partial charge on any atom is -0.445 e. The summed E-state index contributed by atoms with van der Waals surface area (Å²) in [6, 6.07) is 4.35. The number of carbonyl (C=O) groups is 1. The van der Waals surface area contributed by atoms with E-state index in [0.29, 0.717) is 26.3 Å². The first-order chi connectivity index (χ1) is 8.48. The molecule has 0 atom stereocenters. The van der Waals surface area contributed by atoms with Crippen molar-refractivity contribution in [1.82, 2.24) is 4.90 Å². The monoisotopic (exact) mass is 258 g/mol. The molecule has 1 saturated heterocycles. The molecule has 0 aromatic heterocycles. The Labute approximate surface area is 103 Å². The minimum absolute atomic E-state index is 0.250. The van der Waals surface area contributed by atoms with Crippen molar-refractivity contribution >= 4 is 18.3 Å². The molecule has 0 bridgehead atoms. The second-order valence-electron chi connectivity index (χ2n) is 4.10. The van der Waals surface area contributed by atoms with Crippen LogP contribution in [-0.2, 0) is 4.74 Å². The second-order valence-corrected chi connectivity index (χ2v) is 4.10. The average molecular weight is 258 g/mol. The van der Waals surface area contributed by atoms with Crippen molar-refractivity contribution in [3.05, 3.63) is 29.8 Å². The number of morpholine rings is 1. The van der Waals surface area contributed by atoms with Gasteiger partial charge in [-0.25, -0.2) is 0 Å². The topological polar surface area (TPSA) is 29.5 Å². The van der Waals surface area contributed by atoms with Crippen LogP contribution in [0.15, 0.2) is 24.3 Å². The summed E-state index contributed by atoms with van der Waals surface area (Å²) in [4.78, 5) is 13.5. The first kappa shape index (κ1) is 12.9. The molecule has 1 heterocycles. The Balaban J connectivity index is 2.11. The van der Waals surface area contributed by atoms with Gasteiger partial charge in [0, 0.05) is 18.7 Å². The van der Waals surface area contributed by atoms with Crippen LogP contribution in [0.5, 0.6) is 0 Å². The van der Waals surface area contributed by atoms with Gasteiger partial charge >= 0.3 is 6.98 Å². The number of rotatable bonds is 2. The van der Waals surface area contributed by atoms with Crippen LogP contribution in [-0.4, -0.2) is 44.1 Å². The number of halogens is 3. The molecule has 0 saturated carbocycles. The number of benzene rings is 1. The summed E-state index contributed by atoms with van der Waals surface area (Å²) in [5.74, 6) is -0.250. The van der Waals surface area contributed by atoms with Crippen LogP contribution in [0.1, 0.15) is 10.4 Å². The van der Waals surface area contributed by atoms with Gasteiger partial charge in [-0.05, 0) is 0 Å². The van der Waals surface area contributed by atoms with E-state index >= 15 is 0 Å². The van der Waals surface area contributed by atoms with E-state index in [9.17, 15) is 17.7 Å². The number of nitrogens with zero attached hydrogens (tertiary/aromatic N) is 1. The highest BCUT2D eigenvalue weighted by atomic mass is 19.4. The van der Waals surface area contributed by atoms with Gasteiger partial charge in [0.25, 0.3) is 5.91 Å². The average Bonchev–Trinajstić information content (AvgIpc) is 2.38. The van der Waals surface area contributed by atoms with Crippen molar-refractivity contribution in [3.8, 4) is 0 Å². The zero-order valence-electron chi connectivity index (χ0n) is 9.61. The predicted octanol–water partition coefficient (Wildman–Crippen LogP) is 1.21. The van der Waals surface area contributed by atoms with Gasteiger partial charge in [0.15, 0.2) is 0 Å². The summed E-state index contributed by atoms with van der Waals surface area (Å²) >= 11 is 0. The Morgan fingerprint density at radius 2 is 1.67 bits per heavy atom. The molecule has 0 radical (unpaired) electrons. The van der Waals surface area contributed by atoms with Gasteiger partial charge in [-0.2, -0.15) is 0 Å². The molecule has 1 aromatic carbocycles. The maximum absolute atomic E-state index is 12.4. The lowest BCUT2D eigenvalue weighted by Gasteiger charge is -2.27. The fourth-order valence-electron chi connectivity index (χ4n) is 1.79. The summed E-state index contributed by atoms with van der Waals surface area (Å²) in [5.41, 5.74) is -0.408. The Bertz CT molecular complexity index is 427. The number of ether oxygens (including phenoxy) is 1. The van der Waals surface area contributed by atoms with Gasteiger partial charge in [-0.3, -0.25) is 4.79 Å². The van der Waals surface area contributed by atoms with Crippen LogP contribution < -0.4 is 5.46 Å². The van der Waals surface area contributed by atoms with E-state index < -0.39 is 12.4 Å². The van der Waals surface area contributed by atoms with Crippen molar-refractivity contribution in [2.75, 3.05) is 26.3 Å². The van der Waals surface area contributed by atoms with Gasteiger partial charge in [-0.15, -0.1) is 5.46 Å². The largest absolute Gasteiger partial charge is 0.509 e. The Morgan fingerprint density at radius 1 is 1.11 bits per heavy atom. The first-order valence-corrected chi connectivity index (χ1v) is 5.65. The van der Waals surface area contributed by atoms with Crippen molar-refractivity contribution in [2.24, 2.45) is 0 Å². The van der Waals surface area contributed by atoms with Crippen LogP contribution in [0.2, 0.25) is 0 Å². The summed E-state index contributed by atoms with van der Waals surface area (Å²) in [5, 5.41) is 0. The third-order valence-electron chi connectivity index (χ3n) is 2.83. The van der Waals surface area contributed by atoms with Crippen molar-refractivity contribution in [2.45, 2.75) is 0 Å². The van der Waals surface area contributed by atoms with Gasteiger partial charge in [0.05, 0.1) is 13.2 Å². The van der Waals surface area contributed by atoms with Gasteiger partial charge in [0.1, 0.15) is 0 Å². The molecule has 98 valence electrons. The van der Waals surface area contributed by atoms with E-state index in [1.165, 1.54) is 12.1 Å². The summed E-state index contributed by atoms with van der Waals surface area (Å²) < 4.78 is 42.4. The SMILES string of the molecule is O=C(c1ccc([B-](F)(F)F)cc1)N1CCOCC1. The summed E-state index contributed by atoms with van der Waals surface area (Å²) in [6.45, 7) is -3.12. The third kappa shape index (κ3) is 2.84. The quantitative estimate of drug-likeness (QED) is 0.746. The molecule has 1 fully saturated rings. The molecule has 1 aliphatic rings. The van der Waals surface area contributed by atoms with Crippen LogP contribution in [0.4, 0.5) is 12.9 Å². The van der Waals surface area contributed by atoms with E-state index in [4.69, 9.17) is 4.74 Å². The molecule has 0 aliphatic carbocycles. The van der Waals surface area contributed by atoms with Gasteiger partial charge in [0.2, 0.25) is 0 Å². The maximum atomic E-state index is 12.4. The van der Waals surface area contributed by atoms with E-state index in [1.807, 2.05) is 0 Å². The summed E-state index contributed by atoms with van der Waals surface area (Å²) in [6.07, 6.45) is 0. The standard InChI is InChI=1S/C11H12BF3NO2/c13-12(14,15)10-3-1-9(2-4-10)11(17)16-5-7-18-8-6-16/h1-4H,5-8H2/q-1. The molecule has 0 N–H and O–H groups in total. The molecular weight excluding hydrogens is 246 g/mol. The van der Waals surface area contributed by atoms with Gasteiger partial charge < -0.3 is 22.6 Å². The van der Waals surface area contributed by atoms with Crippen molar-refractivity contribution in [3.63, 3.8) is 0 Å². The molecule has 2 rings (SSSR count). The number of hydrogen-bond acceptors (Lipinski definition) is 2. The van der Waals surface area contributed by atoms with E-state index in [-0.39, 0.29) is 11.5 Å². The van der Waals surface area contributed by atoms with Crippen LogP contribution in [0.3, 0.4) is 0 Å². The summed E-state index contributed by atoms with van der Waals surface area (Å²) in [7, 11) is 0. The fraction of sp³-hybridized carbons (Fsp3) is 0.364.